The van der Waals surface area contributed by atoms with Crippen LogP contribution in [0.15, 0.2) is 39.5 Å². The highest BCUT2D eigenvalue weighted by atomic mass is 16.5. The van der Waals surface area contributed by atoms with E-state index in [4.69, 9.17) is 18.6 Å². The van der Waals surface area contributed by atoms with Gasteiger partial charge in [-0.2, -0.15) is 0 Å². The van der Waals surface area contributed by atoms with Crippen molar-refractivity contribution in [2.24, 2.45) is 0 Å². The molecule has 1 aliphatic heterocycles. The Kier molecular flexibility index (Phi) is 5.01. The number of likely N-dealkylation sites (tertiary alicyclic amines) is 1. The van der Waals surface area contributed by atoms with Crippen LogP contribution in [0.5, 0.6) is 17.2 Å². The minimum atomic E-state index is -0.458. The standard InChI is InChI=1S/C18H20N2O6/c1-11-6-13(8-17(21)25-11)26-14-9-20(10-14)18(22)19-15-5-4-12(23-2)7-16(15)24-3/h4-8,14H,9-10H2,1-3H3,(H,19,22). The summed E-state index contributed by atoms with van der Waals surface area (Å²) in [7, 11) is 3.09. The molecule has 3 rings (SSSR count). The number of ether oxygens (including phenoxy) is 3. The Balaban J connectivity index is 1.56. The lowest BCUT2D eigenvalue weighted by molar-refractivity contribution is 0.0487. The molecule has 0 atom stereocenters. The molecule has 0 unspecified atom stereocenters. The Morgan fingerprint density at radius 2 is 1.92 bits per heavy atom. The summed E-state index contributed by atoms with van der Waals surface area (Å²) in [5.74, 6) is 2.08. The molecule has 8 nitrogen and oxygen atoms in total. The van der Waals surface area contributed by atoms with Gasteiger partial charge in [-0.05, 0) is 19.1 Å². The first kappa shape index (κ1) is 17.7. The van der Waals surface area contributed by atoms with Crippen LogP contribution < -0.4 is 25.2 Å². The normalized spacial score (nSPS) is 13.7. The SMILES string of the molecule is COc1ccc(NC(=O)N2CC(Oc3cc(C)oc(=O)c3)C2)c(OC)c1. The number of amides is 2. The van der Waals surface area contributed by atoms with Crippen molar-refractivity contribution in [2.45, 2.75) is 13.0 Å². The van der Waals surface area contributed by atoms with Crippen molar-refractivity contribution in [3.63, 3.8) is 0 Å². The van der Waals surface area contributed by atoms with Crippen LogP contribution in [-0.2, 0) is 0 Å². The first-order valence-corrected chi connectivity index (χ1v) is 8.05. The average Bonchev–Trinajstić information content (AvgIpc) is 2.57. The average molecular weight is 360 g/mol. The summed E-state index contributed by atoms with van der Waals surface area (Å²) in [6, 6.07) is 7.83. The van der Waals surface area contributed by atoms with Crippen LogP contribution in [0.1, 0.15) is 5.76 Å². The molecule has 1 N–H and O–H groups in total. The van der Waals surface area contributed by atoms with Crippen molar-refractivity contribution >= 4 is 11.7 Å². The molecule has 0 aliphatic carbocycles. The lowest BCUT2D eigenvalue weighted by atomic mass is 10.2. The molecule has 8 heteroatoms. The molecule has 1 fully saturated rings. The molecule has 1 aromatic heterocycles. The predicted octanol–water partition coefficient (Wildman–Crippen LogP) is 2.26. The maximum Gasteiger partial charge on any atom is 0.339 e. The molecule has 26 heavy (non-hydrogen) atoms. The summed E-state index contributed by atoms with van der Waals surface area (Å²) in [5.41, 5.74) is 0.0967. The summed E-state index contributed by atoms with van der Waals surface area (Å²) in [6.45, 7) is 2.52. The highest BCUT2D eigenvalue weighted by Gasteiger charge is 2.32. The fraction of sp³-hybridized carbons (Fsp3) is 0.333. The molecule has 1 saturated heterocycles. The van der Waals surface area contributed by atoms with Gasteiger partial charge in [0, 0.05) is 12.1 Å². The monoisotopic (exact) mass is 360 g/mol. The number of hydrogen-bond acceptors (Lipinski definition) is 6. The number of hydrogen-bond donors (Lipinski definition) is 1. The number of nitrogens with zero attached hydrogens (tertiary/aromatic N) is 1. The smallest absolute Gasteiger partial charge is 0.339 e. The summed E-state index contributed by atoms with van der Waals surface area (Å²) in [5, 5.41) is 2.80. The van der Waals surface area contributed by atoms with Gasteiger partial charge in [-0.15, -0.1) is 0 Å². The van der Waals surface area contributed by atoms with Crippen LogP contribution >= 0.6 is 0 Å². The minimum absolute atomic E-state index is 0.167. The Bertz CT molecular complexity index is 857. The number of aryl methyl sites for hydroxylation is 1. The fourth-order valence-corrected chi connectivity index (χ4v) is 2.61. The van der Waals surface area contributed by atoms with Gasteiger partial charge in [-0.25, -0.2) is 9.59 Å². The van der Waals surface area contributed by atoms with Crippen LogP contribution in [0, 0.1) is 6.92 Å². The van der Waals surface area contributed by atoms with Crippen molar-refractivity contribution in [2.75, 3.05) is 32.6 Å². The Hall–Kier alpha value is -3.16. The quantitative estimate of drug-likeness (QED) is 0.880. The number of carbonyl (C=O) groups excluding carboxylic acids is 1. The van der Waals surface area contributed by atoms with Crippen LogP contribution in [0.2, 0.25) is 0 Å². The van der Waals surface area contributed by atoms with Crippen LogP contribution in [0.3, 0.4) is 0 Å². The maximum absolute atomic E-state index is 12.3. The number of benzene rings is 1. The van der Waals surface area contributed by atoms with Crippen LogP contribution in [0.4, 0.5) is 10.5 Å². The highest BCUT2D eigenvalue weighted by molar-refractivity contribution is 5.91. The van der Waals surface area contributed by atoms with E-state index in [0.29, 0.717) is 41.8 Å². The molecule has 1 aromatic carbocycles. The molecule has 2 heterocycles. The molecular weight excluding hydrogens is 340 g/mol. The zero-order chi connectivity index (χ0) is 18.7. The largest absolute Gasteiger partial charge is 0.497 e. The Morgan fingerprint density at radius 1 is 1.15 bits per heavy atom. The van der Waals surface area contributed by atoms with E-state index < -0.39 is 5.63 Å². The Labute approximate surface area is 150 Å². The van der Waals surface area contributed by atoms with Gasteiger partial charge in [0.05, 0.1) is 39.1 Å². The van der Waals surface area contributed by atoms with E-state index in [-0.39, 0.29) is 12.1 Å². The number of urea groups is 1. The Morgan fingerprint density at radius 3 is 2.58 bits per heavy atom. The first-order valence-electron chi connectivity index (χ1n) is 8.05. The summed E-state index contributed by atoms with van der Waals surface area (Å²) >= 11 is 0. The number of anilines is 1. The van der Waals surface area contributed by atoms with Gasteiger partial charge >= 0.3 is 11.7 Å². The summed E-state index contributed by atoms with van der Waals surface area (Å²) in [6.07, 6.45) is -0.167. The third kappa shape index (κ3) is 3.90. The minimum Gasteiger partial charge on any atom is -0.497 e. The second kappa shape index (κ2) is 7.38. The summed E-state index contributed by atoms with van der Waals surface area (Å²) in [4.78, 5) is 25.3. The molecule has 0 saturated carbocycles. The number of methoxy groups -OCH3 is 2. The van der Waals surface area contributed by atoms with Gasteiger partial charge < -0.3 is 28.8 Å². The van der Waals surface area contributed by atoms with Crippen molar-refractivity contribution in [1.29, 1.82) is 0 Å². The molecule has 0 radical (unpaired) electrons. The fourth-order valence-electron chi connectivity index (χ4n) is 2.61. The number of nitrogens with one attached hydrogen (secondary N) is 1. The van der Waals surface area contributed by atoms with Crippen molar-refractivity contribution in [3.05, 3.63) is 46.5 Å². The van der Waals surface area contributed by atoms with E-state index in [0.717, 1.165) is 0 Å². The third-order valence-corrected chi connectivity index (χ3v) is 3.96. The molecule has 2 aromatic rings. The highest BCUT2D eigenvalue weighted by Crippen LogP contribution is 2.29. The lowest BCUT2D eigenvalue weighted by Gasteiger charge is -2.38. The third-order valence-electron chi connectivity index (χ3n) is 3.96. The van der Waals surface area contributed by atoms with Crippen molar-refractivity contribution in [1.82, 2.24) is 4.90 Å². The van der Waals surface area contributed by atoms with Gasteiger partial charge in [0.15, 0.2) is 0 Å². The van der Waals surface area contributed by atoms with E-state index >= 15 is 0 Å². The van der Waals surface area contributed by atoms with E-state index in [1.807, 2.05) is 0 Å². The van der Waals surface area contributed by atoms with E-state index in [1.54, 1.807) is 43.2 Å². The van der Waals surface area contributed by atoms with Crippen LogP contribution in [0.25, 0.3) is 0 Å². The second-order valence-electron chi connectivity index (χ2n) is 5.86. The summed E-state index contributed by atoms with van der Waals surface area (Å²) < 4.78 is 21.0. The predicted molar refractivity (Wildman–Crippen MR) is 94.3 cm³/mol. The molecule has 0 bridgehead atoms. The van der Waals surface area contributed by atoms with Crippen molar-refractivity contribution in [3.8, 4) is 17.2 Å². The molecule has 1 aliphatic rings. The van der Waals surface area contributed by atoms with Crippen LogP contribution in [-0.4, -0.2) is 44.3 Å². The number of rotatable bonds is 5. The first-order chi connectivity index (χ1) is 12.5. The van der Waals surface area contributed by atoms with Gasteiger partial charge in [0.1, 0.15) is 29.1 Å². The van der Waals surface area contributed by atoms with Crippen molar-refractivity contribution < 1.29 is 23.4 Å². The lowest BCUT2D eigenvalue weighted by Crippen LogP contribution is -2.57. The van der Waals surface area contributed by atoms with Gasteiger partial charge in [0.2, 0.25) is 0 Å². The molecular formula is C18H20N2O6. The number of carbonyl (C=O) groups is 1. The molecule has 0 spiro atoms. The van der Waals surface area contributed by atoms with Gasteiger partial charge in [-0.1, -0.05) is 0 Å². The zero-order valence-corrected chi connectivity index (χ0v) is 14.8. The zero-order valence-electron chi connectivity index (χ0n) is 14.8. The van der Waals surface area contributed by atoms with E-state index in [1.165, 1.54) is 13.2 Å². The van der Waals surface area contributed by atoms with E-state index in [2.05, 4.69) is 5.32 Å². The second-order valence-corrected chi connectivity index (χ2v) is 5.86. The van der Waals surface area contributed by atoms with Gasteiger partial charge in [0.25, 0.3) is 0 Å². The topological polar surface area (TPSA) is 90.2 Å². The van der Waals surface area contributed by atoms with E-state index in [9.17, 15) is 9.59 Å². The molecule has 138 valence electrons. The molecule has 2 amide bonds. The van der Waals surface area contributed by atoms with Gasteiger partial charge in [-0.3, -0.25) is 0 Å². The maximum atomic E-state index is 12.3.